The molecular formula is C15H20N4OS. The van der Waals surface area contributed by atoms with Crippen LogP contribution in [0.5, 0.6) is 5.75 Å². The average Bonchev–Trinajstić information content (AvgIpc) is 2.82. The Kier molecular flexibility index (Phi) is 4.17. The Balaban J connectivity index is 1.87. The molecule has 0 saturated carbocycles. The van der Waals surface area contributed by atoms with Crippen molar-refractivity contribution in [3.8, 4) is 5.75 Å². The van der Waals surface area contributed by atoms with E-state index in [-0.39, 0.29) is 11.3 Å². The third-order valence-corrected chi connectivity index (χ3v) is 5.04. The highest BCUT2D eigenvalue weighted by molar-refractivity contribution is 7.99. The minimum Gasteiger partial charge on any atom is -0.492 e. The van der Waals surface area contributed by atoms with Crippen molar-refractivity contribution in [1.29, 1.82) is 0 Å². The number of fused-ring (bicyclic) bond motifs is 1. The van der Waals surface area contributed by atoms with Gasteiger partial charge < -0.3 is 14.6 Å². The zero-order chi connectivity index (χ0) is 14.8. The number of para-hydroxylation sites is 1. The van der Waals surface area contributed by atoms with E-state index < -0.39 is 0 Å². The van der Waals surface area contributed by atoms with E-state index in [1.165, 1.54) is 5.56 Å². The summed E-state index contributed by atoms with van der Waals surface area (Å²) in [6.07, 6.45) is 0. The number of hydrogen-bond acceptors (Lipinski definition) is 5. The van der Waals surface area contributed by atoms with Crippen LogP contribution >= 0.6 is 11.8 Å². The van der Waals surface area contributed by atoms with Crippen LogP contribution in [0.2, 0.25) is 0 Å². The number of ether oxygens (including phenoxy) is 1. The second kappa shape index (κ2) is 6.07. The summed E-state index contributed by atoms with van der Waals surface area (Å²) in [7, 11) is 2.00. The van der Waals surface area contributed by atoms with Crippen molar-refractivity contribution in [1.82, 2.24) is 20.1 Å². The zero-order valence-corrected chi connectivity index (χ0v) is 13.4. The molecule has 5 nitrogen and oxygen atoms in total. The summed E-state index contributed by atoms with van der Waals surface area (Å²) in [5.41, 5.74) is 1.22. The van der Waals surface area contributed by atoms with Crippen LogP contribution in [-0.2, 0) is 7.05 Å². The highest BCUT2D eigenvalue weighted by Crippen LogP contribution is 2.39. The molecule has 2 aromatic rings. The van der Waals surface area contributed by atoms with Crippen LogP contribution < -0.4 is 10.1 Å². The van der Waals surface area contributed by atoms with Gasteiger partial charge in [-0.1, -0.05) is 36.9 Å². The number of aromatic nitrogens is 3. The molecule has 0 radical (unpaired) electrons. The van der Waals surface area contributed by atoms with Gasteiger partial charge in [0, 0.05) is 12.6 Å². The SMILES string of the molecule is CCNC1c2ccccc2OCC1Sc1nnc(C)n1C. The second-order valence-electron chi connectivity index (χ2n) is 5.13. The molecule has 0 fully saturated rings. The fourth-order valence-electron chi connectivity index (χ4n) is 2.53. The van der Waals surface area contributed by atoms with Crippen LogP contribution in [0.15, 0.2) is 29.4 Å². The molecular weight excluding hydrogens is 284 g/mol. The minimum absolute atomic E-state index is 0.266. The first-order valence-corrected chi connectivity index (χ1v) is 8.06. The van der Waals surface area contributed by atoms with Gasteiger partial charge in [-0.2, -0.15) is 0 Å². The van der Waals surface area contributed by atoms with Gasteiger partial charge in [-0.25, -0.2) is 0 Å². The van der Waals surface area contributed by atoms with Crippen LogP contribution in [0, 0.1) is 6.92 Å². The van der Waals surface area contributed by atoms with Gasteiger partial charge in [-0.05, 0) is 19.5 Å². The standard InChI is InChI=1S/C15H20N4OS/c1-4-16-14-11-7-5-6-8-12(11)20-9-13(14)21-15-18-17-10(2)19(15)3/h5-8,13-14,16H,4,9H2,1-3H3. The lowest BCUT2D eigenvalue weighted by Gasteiger charge is -2.33. The largest absolute Gasteiger partial charge is 0.492 e. The molecule has 112 valence electrons. The Hall–Kier alpha value is -1.53. The molecule has 21 heavy (non-hydrogen) atoms. The third-order valence-electron chi connectivity index (χ3n) is 3.76. The fraction of sp³-hybridized carbons (Fsp3) is 0.467. The van der Waals surface area contributed by atoms with Gasteiger partial charge in [0.15, 0.2) is 5.16 Å². The summed E-state index contributed by atoms with van der Waals surface area (Å²) >= 11 is 1.73. The van der Waals surface area contributed by atoms with E-state index in [4.69, 9.17) is 4.74 Å². The van der Waals surface area contributed by atoms with E-state index in [0.717, 1.165) is 23.3 Å². The normalized spacial score (nSPS) is 20.9. The highest BCUT2D eigenvalue weighted by atomic mass is 32.2. The fourth-order valence-corrected chi connectivity index (χ4v) is 3.69. The number of rotatable bonds is 4. The molecule has 1 aromatic carbocycles. The van der Waals surface area contributed by atoms with Crippen LogP contribution in [0.1, 0.15) is 24.4 Å². The lowest BCUT2D eigenvalue weighted by atomic mass is 10.0. The summed E-state index contributed by atoms with van der Waals surface area (Å²) in [6, 6.07) is 8.51. The van der Waals surface area contributed by atoms with Gasteiger partial charge in [-0.15, -0.1) is 10.2 Å². The Morgan fingerprint density at radius 2 is 2.19 bits per heavy atom. The number of nitrogens with one attached hydrogen (secondary N) is 1. The molecule has 0 aliphatic carbocycles. The maximum atomic E-state index is 5.91. The molecule has 1 aromatic heterocycles. The maximum Gasteiger partial charge on any atom is 0.191 e. The molecule has 2 atom stereocenters. The Morgan fingerprint density at radius 3 is 2.90 bits per heavy atom. The van der Waals surface area contributed by atoms with Crippen molar-refractivity contribution in [2.45, 2.75) is 30.3 Å². The van der Waals surface area contributed by atoms with E-state index in [9.17, 15) is 0 Å². The molecule has 0 saturated heterocycles. The smallest absolute Gasteiger partial charge is 0.191 e. The van der Waals surface area contributed by atoms with Gasteiger partial charge in [0.2, 0.25) is 0 Å². The Labute approximate surface area is 129 Å². The molecule has 1 aliphatic heterocycles. The second-order valence-corrected chi connectivity index (χ2v) is 6.34. The number of thioether (sulfide) groups is 1. The summed E-state index contributed by atoms with van der Waals surface area (Å²) in [5.74, 6) is 1.91. The highest BCUT2D eigenvalue weighted by Gasteiger charge is 2.32. The molecule has 1 N–H and O–H groups in total. The maximum absolute atomic E-state index is 5.91. The van der Waals surface area contributed by atoms with Gasteiger partial charge in [0.1, 0.15) is 18.2 Å². The van der Waals surface area contributed by atoms with Crippen molar-refractivity contribution >= 4 is 11.8 Å². The predicted molar refractivity (Wildman–Crippen MR) is 83.7 cm³/mol. The van der Waals surface area contributed by atoms with Crippen molar-refractivity contribution in [2.24, 2.45) is 7.05 Å². The summed E-state index contributed by atoms with van der Waals surface area (Å²) in [6.45, 7) is 5.69. The summed E-state index contributed by atoms with van der Waals surface area (Å²) in [4.78, 5) is 0. The number of hydrogen-bond donors (Lipinski definition) is 1. The molecule has 2 unspecified atom stereocenters. The van der Waals surface area contributed by atoms with Crippen LogP contribution in [0.4, 0.5) is 0 Å². The van der Waals surface area contributed by atoms with Crippen LogP contribution in [-0.4, -0.2) is 33.2 Å². The van der Waals surface area contributed by atoms with E-state index >= 15 is 0 Å². The van der Waals surface area contributed by atoms with E-state index in [1.807, 2.05) is 30.7 Å². The lowest BCUT2D eigenvalue weighted by molar-refractivity contribution is 0.261. The molecule has 0 spiro atoms. The van der Waals surface area contributed by atoms with Gasteiger partial charge in [0.05, 0.1) is 11.3 Å². The van der Waals surface area contributed by atoms with Gasteiger partial charge in [0.25, 0.3) is 0 Å². The Bertz CT molecular complexity index is 628. The first kappa shape index (κ1) is 14.4. The van der Waals surface area contributed by atoms with E-state index in [0.29, 0.717) is 6.61 Å². The monoisotopic (exact) mass is 304 g/mol. The van der Waals surface area contributed by atoms with Crippen LogP contribution in [0.25, 0.3) is 0 Å². The van der Waals surface area contributed by atoms with Crippen LogP contribution in [0.3, 0.4) is 0 Å². The van der Waals surface area contributed by atoms with Crippen molar-refractivity contribution < 1.29 is 4.74 Å². The van der Waals surface area contributed by atoms with Crippen molar-refractivity contribution in [3.63, 3.8) is 0 Å². The first-order chi connectivity index (χ1) is 10.2. The van der Waals surface area contributed by atoms with E-state index in [2.05, 4.69) is 34.6 Å². The van der Waals surface area contributed by atoms with Gasteiger partial charge in [-0.3, -0.25) is 0 Å². The number of benzene rings is 1. The third kappa shape index (κ3) is 2.78. The van der Waals surface area contributed by atoms with Crippen molar-refractivity contribution in [2.75, 3.05) is 13.2 Å². The molecule has 0 amide bonds. The molecule has 2 heterocycles. The molecule has 1 aliphatic rings. The molecule has 0 bridgehead atoms. The summed E-state index contributed by atoms with van der Waals surface area (Å²) < 4.78 is 7.94. The first-order valence-electron chi connectivity index (χ1n) is 7.18. The average molecular weight is 304 g/mol. The Morgan fingerprint density at radius 1 is 1.38 bits per heavy atom. The zero-order valence-electron chi connectivity index (χ0n) is 12.5. The number of aryl methyl sites for hydroxylation is 1. The molecule has 3 rings (SSSR count). The quantitative estimate of drug-likeness (QED) is 0.939. The summed E-state index contributed by atoms with van der Waals surface area (Å²) in [5, 5.41) is 13.2. The van der Waals surface area contributed by atoms with Crippen molar-refractivity contribution in [3.05, 3.63) is 35.7 Å². The predicted octanol–water partition coefficient (Wildman–Crippen LogP) is 2.33. The lowest BCUT2D eigenvalue weighted by Crippen LogP contribution is -2.37. The van der Waals surface area contributed by atoms with E-state index in [1.54, 1.807) is 11.8 Å². The minimum atomic E-state index is 0.266. The molecule has 6 heteroatoms. The number of nitrogens with zero attached hydrogens (tertiary/aromatic N) is 3. The van der Waals surface area contributed by atoms with Gasteiger partial charge >= 0.3 is 0 Å². The topological polar surface area (TPSA) is 52.0 Å².